The van der Waals surface area contributed by atoms with Crippen LogP contribution >= 0.6 is 0 Å². The quantitative estimate of drug-likeness (QED) is 0.457. The van der Waals surface area contributed by atoms with Crippen molar-refractivity contribution in [2.24, 2.45) is 0 Å². The summed E-state index contributed by atoms with van der Waals surface area (Å²) in [7, 11) is 0. The normalized spacial score (nSPS) is 4.29. The Morgan fingerprint density at radius 2 is 1.00 bits per heavy atom. The van der Waals surface area contributed by atoms with E-state index in [9.17, 15) is 0 Å². The molecule has 5 heteroatoms. The van der Waals surface area contributed by atoms with Gasteiger partial charge in [-0.05, 0) is 0 Å². The molecule has 0 aromatic heterocycles. The van der Waals surface area contributed by atoms with E-state index >= 15 is 0 Å². The molecule has 0 heterocycles. The standard InChI is InChI=1S/C2H6O2.Ge.2O/c3-1-2-4;;;/h3-4H,1-2H2;;;/q;+4;2*-2. The number of aliphatic hydroxyl groups is 2. The summed E-state index contributed by atoms with van der Waals surface area (Å²) in [6, 6.07) is 0. The molecular weight excluding hydrogens is 161 g/mol. The van der Waals surface area contributed by atoms with Gasteiger partial charge in [0.15, 0.2) is 0 Å². The predicted molar refractivity (Wildman–Crippen MR) is 21.3 cm³/mol. The van der Waals surface area contributed by atoms with E-state index in [2.05, 4.69) is 0 Å². The summed E-state index contributed by atoms with van der Waals surface area (Å²) in [6.45, 7) is -0.250. The van der Waals surface area contributed by atoms with Crippen molar-refractivity contribution in [3.63, 3.8) is 0 Å². The Morgan fingerprint density at radius 3 is 1.00 bits per heavy atom. The summed E-state index contributed by atoms with van der Waals surface area (Å²) in [6.07, 6.45) is 0. The van der Waals surface area contributed by atoms with Crippen LogP contribution in [0.4, 0.5) is 0 Å². The van der Waals surface area contributed by atoms with Gasteiger partial charge in [0.05, 0.1) is 13.2 Å². The molecule has 0 aliphatic carbocycles. The minimum absolute atomic E-state index is 0. The first-order valence-corrected chi connectivity index (χ1v) is 1.13. The zero-order chi connectivity index (χ0) is 3.41. The molecule has 0 aliphatic rings. The van der Waals surface area contributed by atoms with Crippen LogP contribution in [-0.2, 0) is 11.0 Å². The smallest absolute Gasteiger partial charge is 2.00 e. The first kappa shape index (κ1) is 26.3. The third kappa shape index (κ3) is 64.1. The van der Waals surface area contributed by atoms with E-state index in [1.165, 1.54) is 0 Å². The Hall–Kier alpha value is 0.383. The molecule has 0 atom stereocenters. The summed E-state index contributed by atoms with van der Waals surface area (Å²) < 4.78 is 0. The van der Waals surface area contributed by atoms with Crippen LogP contribution in [0, 0.1) is 0 Å². The van der Waals surface area contributed by atoms with Gasteiger partial charge in [0.1, 0.15) is 0 Å². The Morgan fingerprint density at radius 1 is 0.857 bits per heavy atom. The Kier molecular flexibility index (Phi) is 122. The third-order valence-corrected chi connectivity index (χ3v) is 0.1000. The van der Waals surface area contributed by atoms with Crippen molar-refractivity contribution in [2.45, 2.75) is 0 Å². The van der Waals surface area contributed by atoms with Gasteiger partial charge in [-0.2, -0.15) is 0 Å². The van der Waals surface area contributed by atoms with Crippen LogP contribution in [-0.4, -0.2) is 41.0 Å². The fourth-order valence-electron chi connectivity index (χ4n) is 0. The summed E-state index contributed by atoms with van der Waals surface area (Å²) in [5, 5.41) is 15.2. The van der Waals surface area contributed by atoms with E-state index in [1.54, 1.807) is 0 Å². The molecule has 0 fully saturated rings. The molecule has 0 saturated carbocycles. The average molecular weight is 167 g/mol. The topological polar surface area (TPSA) is 97.5 Å². The molecule has 0 bridgehead atoms. The third-order valence-electron chi connectivity index (χ3n) is 0.1000. The Labute approximate surface area is 52.8 Å². The van der Waals surface area contributed by atoms with Crippen molar-refractivity contribution >= 4 is 17.6 Å². The van der Waals surface area contributed by atoms with Gasteiger partial charge in [-0.1, -0.05) is 0 Å². The van der Waals surface area contributed by atoms with Gasteiger partial charge in [0.25, 0.3) is 0 Å². The zero-order valence-electron chi connectivity index (χ0n) is 3.63. The second kappa shape index (κ2) is 32.6. The molecular formula is C2H6GeO4. The molecule has 0 unspecified atom stereocenters. The van der Waals surface area contributed by atoms with Crippen LogP contribution in [0.15, 0.2) is 0 Å². The molecule has 7 heavy (non-hydrogen) atoms. The first-order chi connectivity index (χ1) is 1.91. The molecule has 0 amide bonds. The van der Waals surface area contributed by atoms with Crippen molar-refractivity contribution in [2.75, 3.05) is 13.2 Å². The van der Waals surface area contributed by atoms with Crippen molar-refractivity contribution in [1.29, 1.82) is 0 Å². The van der Waals surface area contributed by atoms with Gasteiger partial charge >= 0.3 is 17.6 Å². The van der Waals surface area contributed by atoms with E-state index in [1.807, 2.05) is 0 Å². The van der Waals surface area contributed by atoms with Crippen LogP contribution < -0.4 is 0 Å². The van der Waals surface area contributed by atoms with Crippen LogP contribution in [0.5, 0.6) is 0 Å². The summed E-state index contributed by atoms with van der Waals surface area (Å²) in [5.41, 5.74) is 0. The van der Waals surface area contributed by atoms with Crippen LogP contribution in [0.25, 0.3) is 0 Å². The van der Waals surface area contributed by atoms with Gasteiger partial charge in [0.2, 0.25) is 0 Å². The molecule has 0 aromatic rings. The monoisotopic (exact) mass is 168 g/mol. The molecule has 0 radical (unpaired) electrons. The molecule has 2 N–H and O–H groups in total. The van der Waals surface area contributed by atoms with E-state index in [0.29, 0.717) is 0 Å². The molecule has 0 aromatic carbocycles. The minimum atomic E-state index is -0.125. The van der Waals surface area contributed by atoms with Gasteiger partial charge < -0.3 is 21.2 Å². The fourth-order valence-corrected chi connectivity index (χ4v) is 0. The first-order valence-electron chi connectivity index (χ1n) is 1.13. The summed E-state index contributed by atoms with van der Waals surface area (Å²) in [4.78, 5) is 0. The second-order valence-corrected chi connectivity index (χ2v) is 0.447. The van der Waals surface area contributed by atoms with Gasteiger partial charge in [-0.3, -0.25) is 0 Å². The average Bonchev–Trinajstić information content (AvgIpc) is 1.37. The van der Waals surface area contributed by atoms with E-state index in [0.717, 1.165) is 0 Å². The number of hydrogen-bond donors (Lipinski definition) is 2. The second-order valence-electron chi connectivity index (χ2n) is 0.447. The number of hydrogen-bond acceptors (Lipinski definition) is 2. The maximum absolute atomic E-state index is 7.62. The molecule has 0 spiro atoms. The van der Waals surface area contributed by atoms with Crippen molar-refractivity contribution in [3.8, 4) is 0 Å². The largest absolute Gasteiger partial charge is 4.00 e. The van der Waals surface area contributed by atoms with Gasteiger partial charge in [-0.15, -0.1) is 0 Å². The maximum atomic E-state index is 7.62. The number of aliphatic hydroxyl groups excluding tert-OH is 2. The number of rotatable bonds is 1. The fraction of sp³-hybridized carbons (Fsp3) is 1.00. The molecule has 0 aliphatic heterocycles. The van der Waals surface area contributed by atoms with E-state index in [-0.39, 0.29) is 41.8 Å². The zero-order valence-corrected chi connectivity index (χ0v) is 5.72. The minimum Gasteiger partial charge on any atom is -2.00 e. The van der Waals surface area contributed by atoms with Crippen molar-refractivity contribution in [1.82, 2.24) is 0 Å². The Bertz CT molecular complexity index is 11.7. The van der Waals surface area contributed by atoms with Crippen molar-refractivity contribution < 1.29 is 21.2 Å². The van der Waals surface area contributed by atoms with Gasteiger partial charge in [-0.25, -0.2) is 0 Å². The summed E-state index contributed by atoms with van der Waals surface area (Å²) >= 11 is 0. The van der Waals surface area contributed by atoms with Crippen LogP contribution in [0.3, 0.4) is 0 Å². The maximum Gasteiger partial charge on any atom is 4.00 e. The van der Waals surface area contributed by atoms with Gasteiger partial charge in [0, 0.05) is 0 Å². The predicted octanol–water partition coefficient (Wildman–Crippen LogP) is -1.65. The van der Waals surface area contributed by atoms with E-state index in [4.69, 9.17) is 10.2 Å². The molecule has 0 saturated heterocycles. The molecule has 42 valence electrons. The van der Waals surface area contributed by atoms with Crippen LogP contribution in [0.2, 0.25) is 0 Å². The summed E-state index contributed by atoms with van der Waals surface area (Å²) in [5.74, 6) is 0. The Balaban J connectivity index is -0.0000000150. The SMILES string of the molecule is OCCO.[Ge+4].[O-2].[O-2]. The molecule has 0 rings (SSSR count). The van der Waals surface area contributed by atoms with Crippen molar-refractivity contribution in [3.05, 3.63) is 0 Å². The van der Waals surface area contributed by atoms with E-state index < -0.39 is 0 Å². The molecule has 4 nitrogen and oxygen atoms in total. The van der Waals surface area contributed by atoms with Crippen LogP contribution in [0.1, 0.15) is 0 Å².